The van der Waals surface area contributed by atoms with Crippen LogP contribution in [0.4, 0.5) is 0 Å². The first-order valence-electron chi connectivity index (χ1n) is 8.34. The molecule has 6 nitrogen and oxygen atoms in total. The highest BCUT2D eigenvalue weighted by molar-refractivity contribution is 9.10. The summed E-state index contributed by atoms with van der Waals surface area (Å²) in [4.78, 5) is 17.7. The number of halogens is 1. The van der Waals surface area contributed by atoms with E-state index in [2.05, 4.69) is 20.9 Å². The predicted octanol–water partition coefficient (Wildman–Crippen LogP) is 4.69. The standard InChI is InChI=1S/C19H16BrN3O3S/c1-3-25-27-26-19-17(21-16-7-6-14(20)11-23(16)19)22-9-8-13-5-4-12(2)10-15(13)18(22)24/h4-11H,3H2,1-2H3. The van der Waals surface area contributed by atoms with E-state index in [9.17, 15) is 4.79 Å². The van der Waals surface area contributed by atoms with Crippen molar-refractivity contribution < 1.29 is 8.37 Å². The molecule has 4 aromatic rings. The van der Waals surface area contributed by atoms with Gasteiger partial charge in [-0.05, 0) is 59.4 Å². The van der Waals surface area contributed by atoms with Crippen molar-refractivity contribution in [2.24, 2.45) is 0 Å². The zero-order valence-corrected chi connectivity index (χ0v) is 17.1. The summed E-state index contributed by atoms with van der Waals surface area (Å²) >= 11 is 4.32. The van der Waals surface area contributed by atoms with Gasteiger partial charge < -0.3 is 4.18 Å². The van der Waals surface area contributed by atoms with Crippen molar-refractivity contribution in [3.63, 3.8) is 0 Å². The Morgan fingerprint density at radius 1 is 1.22 bits per heavy atom. The number of hydrogen-bond acceptors (Lipinski definition) is 5. The molecular weight excluding hydrogens is 430 g/mol. The molecule has 0 saturated carbocycles. The number of aryl methyl sites for hydroxylation is 1. The van der Waals surface area contributed by atoms with E-state index in [1.807, 2.05) is 56.4 Å². The minimum atomic E-state index is -0.148. The summed E-state index contributed by atoms with van der Waals surface area (Å²) in [6.07, 6.45) is 3.55. The Kier molecular flexibility index (Phi) is 4.94. The lowest BCUT2D eigenvalue weighted by molar-refractivity contribution is 0.366. The second-order valence-corrected chi connectivity index (χ2v) is 7.41. The van der Waals surface area contributed by atoms with E-state index in [4.69, 9.17) is 8.37 Å². The van der Waals surface area contributed by atoms with Crippen LogP contribution in [0.1, 0.15) is 12.5 Å². The molecule has 8 heteroatoms. The van der Waals surface area contributed by atoms with E-state index >= 15 is 0 Å². The molecule has 0 saturated heterocycles. The molecule has 0 aliphatic heterocycles. The summed E-state index contributed by atoms with van der Waals surface area (Å²) < 4.78 is 15.1. The molecule has 0 bridgehead atoms. The van der Waals surface area contributed by atoms with Gasteiger partial charge in [0.05, 0.1) is 6.61 Å². The first-order chi connectivity index (χ1) is 13.1. The first kappa shape index (κ1) is 18.1. The number of rotatable bonds is 5. The molecule has 0 spiro atoms. The highest BCUT2D eigenvalue weighted by Gasteiger charge is 2.19. The van der Waals surface area contributed by atoms with Gasteiger partial charge in [-0.3, -0.25) is 17.9 Å². The third-order valence-corrected chi connectivity index (χ3v) is 5.12. The van der Waals surface area contributed by atoms with Crippen LogP contribution in [-0.2, 0) is 4.18 Å². The highest BCUT2D eigenvalue weighted by Crippen LogP contribution is 2.29. The molecule has 0 atom stereocenters. The topological polar surface area (TPSA) is 57.8 Å². The van der Waals surface area contributed by atoms with Gasteiger partial charge in [-0.2, -0.15) is 0 Å². The zero-order valence-electron chi connectivity index (χ0n) is 14.7. The van der Waals surface area contributed by atoms with Crippen molar-refractivity contribution in [2.75, 3.05) is 6.61 Å². The molecule has 0 aliphatic carbocycles. The average molecular weight is 446 g/mol. The van der Waals surface area contributed by atoms with Gasteiger partial charge in [0, 0.05) is 22.3 Å². The lowest BCUT2D eigenvalue weighted by Gasteiger charge is -2.08. The number of imidazole rings is 1. The summed E-state index contributed by atoms with van der Waals surface area (Å²) in [7, 11) is 0. The molecule has 3 aromatic heterocycles. The fraction of sp³-hybridized carbons (Fsp3) is 0.158. The third-order valence-electron chi connectivity index (χ3n) is 4.09. The SMILES string of the molecule is CCOSOc1c(-n2ccc3ccc(C)cc3c2=O)nc2ccc(Br)cn12. The van der Waals surface area contributed by atoms with E-state index in [0.717, 1.165) is 27.7 Å². The van der Waals surface area contributed by atoms with Crippen LogP contribution in [0, 0.1) is 6.92 Å². The van der Waals surface area contributed by atoms with Gasteiger partial charge in [0.2, 0.25) is 18.1 Å². The number of fused-ring (bicyclic) bond motifs is 2. The molecule has 3 heterocycles. The Morgan fingerprint density at radius 2 is 2.07 bits per heavy atom. The Morgan fingerprint density at radius 3 is 2.89 bits per heavy atom. The van der Waals surface area contributed by atoms with Gasteiger partial charge >= 0.3 is 0 Å². The first-order valence-corrected chi connectivity index (χ1v) is 9.80. The number of aromatic nitrogens is 3. The van der Waals surface area contributed by atoms with Crippen molar-refractivity contribution in [1.82, 2.24) is 14.0 Å². The van der Waals surface area contributed by atoms with Crippen LogP contribution >= 0.6 is 28.3 Å². The van der Waals surface area contributed by atoms with Gasteiger partial charge in [-0.15, -0.1) is 0 Å². The van der Waals surface area contributed by atoms with Crippen LogP contribution in [0.5, 0.6) is 5.88 Å². The summed E-state index contributed by atoms with van der Waals surface area (Å²) in [5.74, 6) is 0.826. The van der Waals surface area contributed by atoms with Crippen molar-refractivity contribution in [3.05, 3.63) is 69.2 Å². The van der Waals surface area contributed by atoms with E-state index in [-0.39, 0.29) is 5.56 Å². The Hall–Kier alpha value is -2.29. The molecule has 0 aliphatic rings. The molecule has 1 aromatic carbocycles. The van der Waals surface area contributed by atoms with Crippen LogP contribution in [0.2, 0.25) is 0 Å². The predicted molar refractivity (Wildman–Crippen MR) is 111 cm³/mol. The second-order valence-electron chi connectivity index (χ2n) is 5.96. The molecule has 0 amide bonds. The van der Waals surface area contributed by atoms with Gasteiger partial charge in [-0.1, -0.05) is 17.7 Å². The number of pyridine rings is 2. The minimum Gasteiger partial charge on any atom is -0.377 e. The summed E-state index contributed by atoms with van der Waals surface area (Å²) in [6.45, 7) is 4.33. The normalized spacial score (nSPS) is 11.4. The minimum absolute atomic E-state index is 0.148. The molecule has 0 N–H and O–H groups in total. The number of benzene rings is 1. The van der Waals surface area contributed by atoms with Crippen LogP contribution in [-0.4, -0.2) is 20.6 Å². The van der Waals surface area contributed by atoms with E-state index in [1.54, 1.807) is 10.6 Å². The average Bonchev–Trinajstić information content (AvgIpc) is 3.00. The molecule has 138 valence electrons. The van der Waals surface area contributed by atoms with Crippen LogP contribution in [0.25, 0.3) is 22.2 Å². The fourth-order valence-corrected chi connectivity index (χ4v) is 3.54. The Labute approximate surface area is 168 Å². The number of hydrogen-bond donors (Lipinski definition) is 0. The van der Waals surface area contributed by atoms with Gasteiger partial charge in [0.15, 0.2) is 0 Å². The molecule has 0 radical (unpaired) electrons. The maximum absolute atomic E-state index is 13.1. The van der Waals surface area contributed by atoms with Crippen molar-refractivity contribution in [2.45, 2.75) is 13.8 Å². The number of nitrogens with zero attached hydrogens (tertiary/aromatic N) is 3. The second kappa shape index (κ2) is 7.38. The quantitative estimate of drug-likeness (QED) is 0.329. The molecule has 27 heavy (non-hydrogen) atoms. The van der Waals surface area contributed by atoms with Crippen LogP contribution in [0.3, 0.4) is 0 Å². The van der Waals surface area contributed by atoms with Crippen molar-refractivity contribution >= 4 is 44.7 Å². The van der Waals surface area contributed by atoms with Gasteiger partial charge in [-0.25, -0.2) is 4.98 Å². The Bertz CT molecular complexity index is 1200. The van der Waals surface area contributed by atoms with Crippen molar-refractivity contribution in [3.8, 4) is 11.7 Å². The fourth-order valence-electron chi connectivity index (χ4n) is 2.84. The summed E-state index contributed by atoms with van der Waals surface area (Å²) in [5, 5.41) is 1.53. The molecule has 4 rings (SSSR count). The maximum atomic E-state index is 13.1. The van der Waals surface area contributed by atoms with E-state index in [0.29, 0.717) is 29.3 Å². The van der Waals surface area contributed by atoms with E-state index in [1.165, 1.54) is 4.57 Å². The van der Waals surface area contributed by atoms with Gasteiger partial charge in [0.25, 0.3) is 11.4 Å². The smallest absolute Gasteiger partial charge is 0.264 e. The highest BCUT2D eigenvalue weighted by atomic mass is 79.9. The third kappa shape index (κ3) is 3.36. The van der Waals surface area contributed by atoms with Crippen LogP contribution < -0.4 is 9.74 Å². The molecule has 0 unspecified atom stereocenters. The Balaban J connectivity index is 1.95. The van der Waals surface area contributed by atoms with Gasteiger partial charge in [0.1, 0.15) is 5.65 Å². The van der Waals surface area contributed by atoms with Crippen molar-refractivity contribution in [1.29, 1.82) is 0 Å². The summed E-state index contributed by atoms with van der Waals surface area (Å²) in [6, 6.07) is 11.5. The maximum Gasteiger partial charge on any atom is 0.264 e. The summed E-state index contributed by atoms with van der Waals surface area (Å²) in [5.41, 5.74) is 1.54. The molecular formula is C19H16BrN3O3S. The van der Waals surface area contributed by atoms with E-state index < -0.39 is 0 Å². The lowest BCUT2D eigenvalue weighted by Crippen LogP contribution is -2.18. The lowest BCUT2D eigenvalue weighted by atomic mass is 10.1. The largest absolute Gasteiger partial charge is 0.377 e. The van der Waals surface area contributed by atoms with Crippen LogP contribution in [0.15, 0.2) is 58.1 Å². The zero-order chi connectivity index (χ0) is 19.0. The monoisotopic (exact) mass is 445 g/mol. The molecule has 0 fully saturated rings.